The zero-order valence-electron chi connectivity index (χ0n) is 17.8. The van der Waals surface area contributed by atoms with Crippen LogP contribution in [-0.4, -0.2) is 68.2 Å². The summed E-state index contributed by atoms with van der Waals surface area (Å²) in [5.74, 6) is 1.25. The van der Waals surface area contributed by atoms with Crippen molar-refractivity contribution < 1.29 is 23.7 Å². The lowest BCUT2D eigenvalue weighted by atomic mass is 9.82. The smallest absolute Gasteiger partial charge is 0.277 e. The largest absolute Gasteiger partial charge is 0.496 e. The standard InChI is InChI=1S/C24H30N2O5/c27-24(23-16-28-13-14-30-23)25-20-9-10-26-11-12-29-22-4-2-1-3-19(22)17-5-7-18(8-6-17)31-15-21(20)26/h1-4,15,17-18,23H,5-14,16H2/b21-15-,25-20?. The summed E-state index contributed by atoms with van der Waals surface area (Å²) in [6.07, 6.45) is 6.34. The Morgan fingerprint density at radius 1 is 1.03 bits per heavy atom. The Morgan fingerprint density at radius 2 is 1.90 bits per heavy atom. The maximum atomic E-state index is 12.6. The van der Waals surface area contributed by atoms with Crippen LogP contribution in [0.3, 0.4) is 0 Å². The predicted octanol–water partition coefficient (Wildman–Crippen LogP) is 3.05. The van der Waals surface area contributed by atoms with Crippen molar-refractivity contribution in [1.29, 1.82) is 0 Å². The molecule has 0 radical (unpaired) electrons. The molecular weight excluding hydrogens is 396 g/mol. The molecule has 1 amide bonds. The lowest BCUT2D eigenvalue weighted by Crippen LogP contribution is -2.35. The van der Waals surface area contributed by atoms with E-state index in [9.17, 15) is 4.79 Å². The predicted molar refractivity (Wildman–Crippen MR) is 115 cm³/mol. The number of benzene rings is 1. The number of fused-ring (bicyclic) bond motifs is 5. The molecule has 6 rings (SSSR count). The molecule has 1 aliphatic carbocycles. The second-order valence-corrected chi connectivity index (χ2v) is 8.57. The van der Waals surface area contributed by atoms with Gasteiger partial charge in [-0.25, -0.2) is 4.99 Å². The molecule has 2 bridgehead atoms. The molecule has 4 heterocycles. The van der Waals surface area contributed by atoms with Crippen molar-refractivity contribution in [2.24, 2.45) is 4.99 Å². The van der Waals surface area contributed by atoms with E-state index in [-0.39, 0.29) is 18.6 Å². The molecule has 166 valence electrons. The van der Waals surface area contributed by atoms with Gasteiger partial charge in [0.15, 0.2) is 6.10 Å². The van der Waals surface area contributed by atoms with Crippen LogP contribution in [0.4, 0.5) is 0 Å². The molecule has 2 saturated heterocycles. The number of carbonyl (C=O) groups excluding carboxylic acids is 1. The van der Waals surface area contributed by atoms with Crippen molar-refractivity contribution in [3.8, 4) is 5.75 Å². The Balaban J connectivity index is 1.36. The summed E-state index contributed by atoms with van der Waals surface area (Å²) >= 11 is 0. The Bertz CT molecular complexity index is 853. The van der Waals surface area contributed by atoms with E-state index in [2.05, 4.69) is 28.1 Å². The highest BCUT2D eigenvalue weighted by atomic mass is 16.6. The lowest BCUT2D eigenvalue weighted by Gasteiger charge is -2.29. The van der Waals surface area contributed by atoms with Gasteiger partial charge < -0.3 is 23.8 Å². The maximum Gasteiger partial charge on any atom is 0.277 e. The summed E-state index contributed by atoms with van der Waals surface area (Å²) in [5.41, 5.74) is 2.98. The third kappa shape index (κ3) is 4.62. The second-order valence-electron chi connectivity index (χ2n) is 8.57. The zero-order chi connectivity index (χ0) is 21.0. The van der Waals surface area contributed by atoms with Crippen molar-refractivity contribution in [3.63, 3.8) is 0 Å². The van der Waals surface area contributed by atoms with E-state index >= 15 is 0 Å². The molecule has 0 N–H and O–H groups in total. The van der Waals surface area contributed by atoms with Crippen LogP contribution in [0, 0.1) is 0 Å². The van der Waals surface area contributed by atoms with E-state index in [1.165, 1.54) is 5.56 Å². The number of aliphatic imine (C=N–C) groups is 1. The summed E-state index contributed by atoms with van der Waals surface area (Å²) in [5, 5.41) is 0. The van der Waals surface area contributed by atoms with E-state index in [1.54, 1.807) is 0 Å². The molecule has 7 nitrogen and oxygen atoms in total. The quantitative estimate of drug-likeness (QED) is 0.688. The Morgan fingerprint density at radius 3 is 2.74 bits per heavy atom. The van der Waals surface area contributed by atoms with Gasteiger partial charge in [0, 0.05) is 13.0 Å². The van der Waals surface area contributed by atoms with Crippen LogP contribution < -0.4 is 4.74 Å². The van der Waals surface area contributed by atoms with Crippen LogP contribution >= 0.6 is 0 Å². The molecule has 1 aromatic rings. The number of para-hydroxylation sites is 1. The number of allylic oxidation sites excluding steroid dienone is 1. The number of hydrogen-bond acceptors (Lipinski definition) is 6. The maximum absolute atomic E-state index is 12.6. The molecule has 4 aliphatic heterocycles. The topological polar surface area (TPSA) is 69.6 Å². The number of carbonyl (C=O) groups is 1. The molecule has 31 heavy (non-hydrogen) atoms. The Labute approximate surface area is 183 Å². The number of rotatable bonds is 1. The van der Waals surface area contributed by atoms with Crippen LogP contribution in [0.2, 0.25) is 0 Å². The van der Waals surface area contributed by atoms with Crippen LogP contribution in [-0.2, 0) is 19.0 Å². The van der Waals surface area contributed by atoms with E-state index in [1.807, 2.05) is 12.3 Å². The molecular formula is C24H30N2O5. The first-order chi connectivity index (χ1) is 15.3. The molecule has 1 unspecified atom stereocenters. The minimum absolute atomic E-state index is 0.201. The van der Waals surface area contributed by atoms with Crippen LogP contribution in [0.5, 0.6) is 5.75 Å². The van der Waals surface area contributed by atoms with Crippen molar-refractivity contribution in [1.82, 2.24) is 4.90 Å². The van der Waals surface area contributed by atoms with Gasteiger partial charge in [0.05, 0.1) is 43.9 Å². The van der Waals surface area contributed by atoms with E-state index in [0.29, 0.717) is 32.2 Å². The van der Waals surface area contributed by atoms with Crippen LogP contribution in [0.15, 0.2) is 41.2 Å². The van der Waals surface area contributed by atoms with Gasteiger partial charge in [0.1, 0.15) is 18.6 Å². The average molecular weight is 427 g/mol. The average Bonchev–Trinajstić information content (AvgIpc) is 3.20. The number of nitrogens with zero attached hydrogens (tertiary/aromatic N) is 2. The van der Waals surface area contributed by atoms with Crippen molar-refractivity contribution in [2.45, 2.75) is 50.2 Å². The first kappa shape index (κ1) is 20.5. The monoisotopic (exact) mass is 426 g/mol. The molecule has 0 aromatic heterocycles. The van der Waals surface area contributed by atoms with Gasteiger partial charge in [-0.1, -0.05) is 18.2 Å². The fourth-order valence-corrected chi connectivity index (χ4v) is 4.88. The fourth-order valence-electron chi connectivity index (χ4n) is 4.88. The van der Waals surface area contributed by atoms with Gasteiger partial charge in [-0.05, 0) is 43.2 Å². The molecule has 0 spiro atoms. The molecule has 1 aromatic carbocycles. The number of hydrogen-bond donors (Lipinski definition) is 0. The van der Waals surface area contributed by atoms with E-state index in [0.717, 1.165) is 55.9 Å². The van der Waals surface area contributed by atoms with E-state index < -0.39 is 6.10 Å². The van der Waals surface area contributed by atoms with Gasteiger partial charge in [-0.15, -0.1) is 0 Å². The van der Waals surface area contributed by atoms with Gasteiger partial charge in [0.2, 0.25) is 0 Å². The number of amides is 1. The third-order valence-corrected chi connectivity index (χ3v) is 6.62. The molecule has 5 aliphatic rings. The van der Waals surface area contributed by atoms with Crippen LogP contribution in [0.1, 0.15) is 43.6 Å². The summed E-state index contributed by atoms with van der Waals surface area (Å²) in [6.45, 7) is 3.31. The summed E-state index contributed by atoms with van der Waals surface area (Å²) in [4.78, 5) is 19.2. The fraction of sp³-hybridized carbons (Fsp3) is 0.583. The third-order valence-electron chi connectivity index (χ3n) is 6.62. The first-order valence-corrected chi connectivity index (χ1v) is 11.4. The van der Waals surface area contributed by atoms with Gasteiger partial charge in [0.25, 0.3) is 5.91 Å². The van der Waals surface area contributed by atoms with Crippen molar-refractivity contribution >= 4 is 11.6 Å². The minimum atomic E-state index is -0.610. The Hall–Kier alpha value is -2.38. The zero-order valence-corrected chi connectivity index (χ0v) is 17.8. The highest BCUT2D eigenvalue weighted by Gasteiger charge is 2.30. The SMILES string of the molecule is O=C(N=C1CCN2CCOc3ccccc3C3CCC(CC3)O/C=C/12)C1COCCO1. The molecule has 3 fully saturated rings. The lowest BCUT2D eigenvalue weighted by molar-refractivity contribution is -0.143. The van der Waals surface area contributed by atoms with Gasteiger partial charge in [-0.3, -0.25) is 4.79 Å². The number of ether oxygens (including phenoxy) is 4. The Kier molecular flexibility index (Phi) is 6.22. The normalized spacial score (nSPS) is 31.7. The molecule has 7 heteroatoms. The first-order valence-electron chi connectivity index (χ1n) is 11.4. The highest BCUT2D eigenvalue weighted by molar-refractivity contribution is 6.08. The second kappa shape index (κ2) is 9.40. The van der Waals surface area contributed by atoms with Gasteiger partial charge in [-0.2, -0.15) is 0 Å². The van der Waals surface area contributed by atoms with E-state index in [4.69, 9.17) is 18.9 Å². The minimum Gasteiger partial charge on any atom is -0.496 e. The summed E-state index contributed by atoms with van der Waals surface area (Å²) in [6, 6.07) is 8.42. The van der Waals surface area contributed by atoms with Gasteiger partial charge >= 0.3 is 0 Å². The summed E-state index contributed by atoms with van der Waals surface area (Å²) in [7, 11) is 0. The van der Waals surface area contributed by atoms with Crippen molar-refractivity contribution in [2.75, 3.05) is 39.5 Å². The van der Waals surface area contributed by atoms with Crippen molar-refractivity contribution in [3.05, 3.63) is 41.8 Å². The molecule has 1 atom stereocenters. The summed E-state index contributed by atoms with van der Waals surface area (Å²) < 4.78 is 23.3. The van der Waals surface area contributed by atoms with Crippen LogP contribution in [0.25, 0.3) is 0 Å². The highest BCUT2D eigenvalue weighted by Crippen LogP contribution is 2.38. The molecule has 1 saturated carbocycles.